The zero-order valence-corrected chi connectivity index (χ0v) is 21.1. The molecular weight excluding hydrogens is 504 g/mol. The molecule has 1 N–H and O–H groups in total. The maximum Gasteiger partial charge on any atom is 0.252 e. The fraction of sp³-hybridized carbons (Fsp3) is 0.200. The number of fused-ring (bicyclic) bond motifs is 1. The van der Waals surface area contributed by atoms with Crippen LogP contribution in [0.15, 0.2) is 77.1 Å². The molecule has 0 atom stereocenters. The molecule has 0 saturated carbocycles. The Kier molecular flexibility index (Phi) is 6.75. The van der Waals surface area contributed by atoms with Gasteiger partial charge in [-0.25, -0.2) is 8.42 Å². The zero-order chi connectivity index (χ0) is 24.4. The van der Waals surface area contributed by atoms with Gasteiger partial charge >= 0.3 is 0 Å². The molecule has 0 aliphatic carbocycles. The van der Waals surface area contributed by atoms with Gasteiger partial charge in [0.05, 0.1) is 12.1 Å². The smallest absolute Gasteiger partial charge is 0.252 e. The summed E-state index contributed by atoms with van der Waals surface area (Å²) in [5, 5.41) is 4.47. The number of anilines is 1. The van der Waals surface area contributed by atoms with Gasteiger partial charge in [-0.1, -0.05) is 29.8 Å². The van der Waals surface area contributed by atoms with Gasteiger partial charge in [0.2, 0.25) is 0 Å². The molecule has 1 saturated heterocycles. The van der Waals surface area contributed by atoms with Crippen molar-refractivity contribution in [1.82, 2.24) is 14.6 Å². The van der Waals surface area contributed by atoms with Gasteiger partial charge in [0.15, 0.2) is 0 Å². The molecule has 7 nitrogen and oxygen atoms in total. The van der Waals surface area contributed by atoms with Gasteiger partial charge in [0.25, 0.3) is 15.9 Å². The molecule has 0 unspecified atom stereocenters. The molecule has 10 heteroatoms. The number of nitrogens with zero attached hydrogens (tertiary/aromatic N) is 3. The molecule has 0 bridgehead atoms. The summed E-state index contributed by atoms with van der Waals surface area (Å²) in [5.41, 5.74) is 2.41. The number of benzene rings is 2. The summed E-state index contributed by atoms with van der Waals surface area (Å²) in [6, 6.07) is 19.9. The average Bonchev–Trinajstić information content (AvgIpc) is 3.37. The number of rotatable bonds is 6. The van der Waals surface area contributed by atoms with Crippen LogP contribution < -0.4 is 10.2 Å². The lowest BCUT2D eigenvalue weighted by molar-refractivity contribution is 0.0951. The van der Waals surface area contributed by atoms with E-state index in [4.69, 9.17) is 11.6 Å². The van der Waals surface area contributed by atoms with Crippen LogP contribution in [0.5, 0.6) is 0 Å². The van der Waals surface area contributed by atoms with Crippen molar-refractivity contribution in [2.75, 3.05) is 31.1 Å². The Morgan fingerprint density at radius 3 is 2.54 bits per heavy atom. The Hall–Kier alpha value is -2.98. The van der Waals surface area contributed by atoms with E-state index in [1.165, 1.54) is 15.6 Å². The highest BCUT2D eigenvalue weighted by Gasteiger charge is 2.30. The molecule has 4 aromatic rings. The lowest BCUT2D eigenvalue weighted by Gasteiger charge is -2.35. The van der Waals surface area contributed by atoms with E-state index in [1.807, 2.05) is 30.3 Å². The quantitative estimate of drug-likeness (QED) is 0.403. The lowest BCUT2D eigenvalue weighted by Crippen LogP contribution is -2.48. The summed E-state index contributed by atoms with van der Waals surface area (Å²) in [6.07, 6.45) is 1.75. The number of amides is 1. The summed E-state index contributed by atoms with van der Waals surface area (Å²) >= 11 is 7.29. The summed E-state index contributed by atoms with van der Waals surface area (Å²) in [6.45, 7) is 2.20. The molecule has 1 amide bonds. The van der Waals surface area contributed by atoms with Crippen LogP contribution in [0.3, 0.4) is 0 Å². The fourth-order valence-electron chi connectivity index (χ4n) is 4.13. The van der Waals surface area contributed by atoms with E-state index in [0.717, 1.165) is 21.5 Å². The van der Waals surface area contributed by atoms with Crippen molar-refractivity contribution in [1.29, 1.82) is 0 Å². The highest BCUT2D eigenvalue weighted by molar-refractivity contribution is 7.91. The number of carbonyl (C=O) groups is 1. The fourth-order valence-corrected chi connectivity index (χ4v) is 7.17. The maximum atomic E-state index is 13.3. The van der Waals surface area contributed by atoms with Crippen molar-refractivity contribution in [3.05, 3.63) is 88.4 Å². The van der Waals surface area contributed by atoms with E-state index in [9.17, 15) is 13.2 Å². The molecule has 0 radical (unpaired) electrons. The van der Waals surface area contributed by atoms with E-state index in [1.54, 1.807) is 42.6 Å². The number of pyridine rings is 1. The second kappa shape index (κ2) is 9.94. The van der Waals surface area contributed by atoms with Crippen LogP contribution in [0.2, 0.25) is 5.02 Å². The third-order valence-corrected chi connectivity index (χ3v) is 9.64. The van der Waals surface area contributed by atoms with Crippen LogP contribution in [-0.2, 0) is 16.6 Å². The molecule has 1 fully saturated rings. The molecule has 2 aromatic heterocycles. The Bertz CT molecular complexity index is 1470. The van der Waals surface area contributed by atoms with Crippen LogP contribution >= 0.6 is 22.9 Å². The number of aromatic nitrogens is 1. The second-order valence-corrected chi connectivity index (χ2v) is 11.9. The van der Waals surface area contributed by atoms with E-state index >= 15 is 0 Å². The first-order valence-corrected chi connectivity index (χ1v) is 13.8. The van der Waals surface area contributed by atoms with Gasteiger partial charge in [-0.2, -0.15) is 4.31 Å². The van der Waals surface area contributed by atoms with Crippen molar-refractivity contribution in [2.24, 2.45) is 0 Å². The minimum atomic E-state index is -3.60. The topological polar surface area (TPSA) is 82.6 Å². The molecular formula is C25H23ClN4O3S2. The normalized spacial score (nSPS) is 14.8. The number of nitrogens with one attached hydrogen (secondary N) is 1. The van der Waals surface area contributed by atoms with Gasteiger partial charge < -0.3 is 10.2 Å². The van der Waals surface area contributed by atoms with E-state index in [0.29, 0.717) is 41.0 Å². The highest BCUT2D eigenvalue weighted by atomic mass is 35.5. The number of sulfonamides is 1. The van der Waals surface area contributed by atoms with E-state index in [2.05, 4.69) is 15.2 Å². The number of thiophene rings is 1. The summed E-state index contributed by atoms with van der Waals surface area (Å²) in [7, 11) is -3.60. The zero-order valence-electron chi connectivity index (χ0n) is 18.7. The van der Waals surface area contributed by atoms with Crippen molar-refractivity contribution < 1.29 is 13.2 Å². The van der Waals surface area contributed by atoms with E-state index < -0.39 is 10.0 Å². The lowest BCUT2D eigenvalue weighted by atomic mass is 10.1. The summed E-state index contributed by atoms with van der Waals surface area (Å²) in [5.74, 6) is -0.189. The highest BCUT2D eigenvalue weighted by Crippen LogP contribution is 2.30. The first kappa shape index (κ1) is 23.7. The first-order valence-electron chi connectivity index (χ1n) is 11.1. The molecule has 1 aliphatic rings. The van der Waals surface area contributed by atoms with Gasteiger partial charge in [0.1, 0.15) is 4.21 Å². The number of hydrogen-bond donors (Lipinski definition) is 1. The van der Waals surface area contributed by atoms with Gasteiger partial charge in [0, 0.05) is 58.9 Å². The third kappa shape index (κ3) is 5.04. The first-order chi connectivity index (χ1) is 16.9. The predicted molar refractivity (Wildman–Crippen MR) is 140 cm³/mol. The number of hydrogen-bond acceptors (Lipinski definition) is 6. The number of piperazine rings is 1. The van der Waals surface area contributed by atoms with Crippen molar-refractivity contribution in [2.45, 2.75) is 10.8 Å². The number of carbonyl (C=O) groups excluding carboxylic acids is 1. The minimum Gasteiger partial charge on any atom is -0.368 e. The van der Waals surface area contributed by atoms with Crippen LogP contribution in [-0.4, -0.2) is 49.8 Å². The molecule has 35 heavy (non-hydrogen) atoms. The van der Waals surface area contributed by atoms with Crippen LogP contribution in [0.1, 0.15) is 15.2 Å². The Morgan fingerprint density at radius 1 is 1.00 bits per heavy atom. The SMILES string of the molecule is O=C(NCc1ccc(S(=O)(=O)N2CCN(c3ccnc4cc(Cl)ccc34)CC2)s1)c1ccccc1. The average molecular weight is 527 g/mol. The van der Waals surface area contributed by atoms with Gasteiger partial charge in [-0.05, 0) is 48.5 Å². The van der Waals surface area contributed by atoms with E-state index in [-0.39, 0.29) is 12.5 Å². The Balaban J connectivity index is 1.23. The summed E-state index contributed by atoms with van der Waals surface area (Å²) < 4.78 is 28.3. The summed E-state index contributed by atoms with van der Waals surface area (Å²) in [4.78, 5) is 19.6. The van der Waals surface area contributed by atoms with Crippen molar-refractivity contribution in [3.63, 3.8) is 0 Å². The number of halogens is 1. The standard InChI is InChI=1S/C25H23ClN4O3S2/c26-19-6-8-21-22(16-19)27-11-10-23(21)29-12-14-30(15-13-29)35(32,33)24-9-7-20(34-24)17-28-25(31)18-4-2-1-3-5-18/h1-11,16H,12-15,17H2,(H,28,31). The second-order valence-electron chi connectivity index (χ2n) is 8.15. The van der Waals surface area contributed by atoms with Crippen molar-refractivity contribution >= 4 is 55.5 Å². The molecule has 0 spiro atoms. The molecule has 3 heterocycles. The third-order valence-electron chi connectivity index (χ3n) is 5.95. The van der Waals surface area contributed by atoms with Gasteiger partial charge in [-0.3, -0.25) is 9.78 Å². The molecule has 5 rings (SSSR count). The van der Waals surface area contributed by atoms with Crippen LogP contribution in [0.4, 0.5) is 5.69 Å². The maximum absolute atomic E-state index is 13.3. The largest absolute Gasteiger partial charge is 0.368 e. The Labute approximate surface area is 213 Å². The van der Waals surface area contributed by atoms with Crippen LogP contribution in [0.25, 0.3) is 10.9 Å². The van der Waals surface area contributed by atoms with Crippen molar-refractivity contribution in [3.8, 4) is 0 Å². The van der Waals surface area contributed by atoms with Gasteiger partial charge in [-0.15, -0.1) is 11.3 Å². The molecule has 180 valence electrons. The Morgan fingerprint density at radius 2 is 1.77 bits per heavy atom. The predicted octanol–water partition coefficient (Wildman–Crippen LogP) is 4.39. The monoisotopic (exact) mass is 526 g/mol. The van der Waals surface area contributed by atoms with Crippen LogP contribution in [0, 0.1) is 0 Å². The molecule has 1 aliphatic heterocycles. The molecule has 2 aromatic carbocycles. The minimum absolute atomic E-state index is 0.189.